The van der Waals surface area contributed by atoms with E-state index in [9.17, 15) is 13.5 Å². The molecule has 0 spiro atoms. The quantitative estimate of drug-likeness (QED) is 0.620. The number of hydrogen-bond acceptors (Lipinski definition) is 5. The number of hydrogen-bond donors (Lipinski definition) is 2. The second-order valence-corrected chi connectivity index (χ2v) is 6.29. The van der Waals surface area contributed by atoms with Gasteiger partial charge in [-0.15, -0.1) is 0 Å². The molecule has 2 unspecified atom stereocenters. The van der Waals surface area contributed by atoms with Gasteiger partial charge in [0, 0.05) is 38.3 Å². The van der Waals surface area contributed by atoms with Crippen molar-refractivity contribution in [2.24, 2.45) is 5.73 Å². The minimum atomic E-state index is -3.09. The fourth-order valence-electron chi connectivity index (χ4n) is 1.98. The zero-order valence-electron chi connectivity index (χ0n) is 9.83. The molecule has 0 bridgehead atoms. The summed E-state index contributed by atoms with van der Waals surface area (Å²) in [5, 5.41) is 9.22. The summed E-state index contributed by atoms with van der Waals surface area (Å²) < 4.78 is 24.1. The van der Waals surface area contributed by atoms with Gasteiger partial charge in [0.05, 0.1) is 12.9 Å². The standard InChI is InChI=1S/C9H21N3O3S/c1-8(10)9(7-13)11-3-5-12(6-4-11)16(2,14)15/h8-9,13H,3-7,10H2,1-2H3. The van der Waals surface area contributed by atoms with Gasteiger partial charge < -0.3 is 10.8 Å². The maximum atomic E-state index is 11.3. The van der Waals surface area contributed by atoms with Gasteiger partial charge in [0.15, 0.2) is 0 Å². The molecule has 2 atom stereocenters. The monoisotopic (exact) mass is 251 g/mol. The van der Waals surface area contributed by atoms with E-state index in [0.29, 0.717) is 26.2 Å². The van der Waals surface area contributed by atoms with Gasteiger partial charge in [0.1, 0.15) is 0 Å². The summed E-state index contributed by atoms with van der Waals surface area (Å²) in [7, 11) is -3.09. The number of rotatable bonds is 4. The van der Waals surface area contributed by atoms with Gasteiger partial charge in [0.25, 0.3) is 0 Å². The summed E-state index contributed by atoms with van der Waals surface area (Å²) >= 11 is 0. The first-order chi connectivity index (χ1) is 7.36. The van der Waals surface area contributed by atoms with Gasteiger partial charge in [-0.1, -0.05) is 0 Å². The molecule has 1 fully saturated rings. The molecule has 0 aromatic heterocycles. The molecule has 1 aliphatic rings. The molecule has 3 N–H and O–H groups in total. The van der Waals surface area contributed by atoms with Crippen LogP contribution in [0.25, 0.3) is 0 Å². The molecule has 0 saturated carbocycles. The zero-order valence-corrected chi connectivity index (χ0v) is 10.7. The third-order valence-corrected chi connectivity index (χ3v) is 4.31. The van der Waals surface area contributed by atoms with E-state index in [0.717, 1.165) is 0 Å². The Kier molecular flexibility index (Phi) is 4.69. The van der Waals surface area contributed by atoms with Crippen molar-refractivity contribution in [3.05, 3.63) is 0 Å². The molecule has 1 saturated heterocycles. The Morgan fingerprint density at radius 2 is 1.81 bits per heavy atom. The number of sulfonamides is 1. The van der Waals surface area contributed by atoms with Crippen LogP contribution in [-0.2, 0) is 10.0 Å². The van der Waals surface area contributed by atoms with Crippen LogP contribution in [0.3, 0.4) is 0 Å². The number of nitrogens with zero attached hydrogens (tertiary/aromatic N) is 2. The Balaban J connectivity index is 2.54. The number of piperazine rings is 1. The maximum Gasteiger partial charge on any atom is 0.211 e. The molecule has 0 aliphatic carbocycles. The molecule has 1 rings (SSSR count). The molecule has 6 nitrogen and oxygen atoms in total. The van der Waals surface area contributed by atoms with E-state index in [1.807, 2.05) is 11.8 Å². The molecular weight excluding hydrogens is 230 g/mol. The summed E-state index contributed by atoms with van der Waals surface area (Å²) in [5.74, 6) is 0. The van der Waals surface area contributed by atoms with Gasteiger partial charge in [-0.3, -0.25) is 4.90 Å². The number of aliphatic hydroxyl groups is 1. The minimum Gasteiger partial charge on any atom is -0.395 e. The average molecular weight is 251 g/mol. The molecule has 96 valence electrons. The summed E-state index contributed by atoms with van der Waals surface area (Å²) in [5.41, 5.74) is 5.76. The molecule has 7 heteroatoms. The SMILES string of the molecule is CC(N)C(CO)N1CCN(S(C)(=O)=O)CC1. The van der Waals surface area contributed by atoms with Crippen molar-refractivity contribution < 1.29 is 13.5 Å². The van der Waals surface area contributed by atoms with Gasteiger partial charge in [-0.25, -0.2) is 8.42 Å². The second-order valence-electron chi connectivity index (χ2n) is 4.31. The first kappa shape index (κ1) is 13.9. The summed E-state index contributed by atoms with van der Waals surface area (Å²) in [4.78, 5) is 2.05. The Labute approximate surface area is 97.1 Å². The predicted octanol–water partition coefficient (Wildman–Crippen LogP) is -1.73. The first-order valence-corrected chi connectivity index (χ1v) is 7.26. The lowest BCUT2D eigenvalue weighted by molar-refractivity contribution is 0.0787. The van der Waals surface area contributed by atoms with E-state index in [1.54, 1.807) is 0 Å². The highest BCUT2D eigenvalue weighted by Gasteiger charge is 2.28. The van der Waals surface area contributed by atoms with Gasteiger partial charge >= 0.3 is 0 Å². The van der Waals surface area contributed by atoms with Gasteiger partial charge in [-0.05, 0) is 6.92 Å². The lowest BCUT2D eigenvalue weighted by atomic mass is 10.1. The largest absolute Gasteiger partial charge is 0.395 e. The Morgan fingerprint density at radius 1 is 1.31 bits per heavy atom. The van der Waals surface area contributed by atoms with E-state index in [1.165, 1.54) is 10.6 Å². The summed E-state index contributed by atoms with van der Waals surface area (Å²) in [6, 6.07) is -0.198. The first-order valence-electron chi connectivity index (χ1n) is 5.42. The summed E-state index contributed by atoms with van der Waals surface area (Å²) in [6.07, 6.45) is 1.22. The molecule has 0 amide bonds. The summed E-state index contributed by atoms with van der Waals surface area (Å²) in [6.45, 7) is 4.06. The van der Waals surface area contributed by atoms with Crippen molar-refractivity contribution in [1.29, 1.82) is 0 Å². The smallest absolute Gasteiger partial charge is 0.211 e. The fourth-order valence-corrected chi connectivity index (χ4v) is 2.81. The van der Waals surface area contributed by atoms with Crippen molar-refractivity contribution >= 4 is 10.0 Å². The van der Waals surface area contributed by atoms with Crippen molar-refractivity contribution in [1.82, 2.24) is 9.21 Å². The van der Waals surface area contributed by atoms with Crippen molar-refractivity contribution in [2.75, 3.05) is 39.0 Å². The molecule has 0 radical (unpaired) electrons. The molecule has 1 aliphatic heterocycles. The lowest BCUT2D eigenvalue weighted by Gasteiger charge is -2.39. The molecule has 1 heterocycles. The van der Waals surface area contributed by atoms with Crippen molar-refractivity contribution in [3.63, 3.8) is 0 Å². The van der Waals surface area contributed by atoms with Crippen LogP contribution in [0.15, 0.2) is 0 Å². The normalized spacial score (nSPS) is 24.2. The number of aliphatic hydroxyl groups excluding tert-OH is 1. The highest BCUT2D eigenvalue weighted by molar-refractivity contribution is 7.88. The molecule has 0 aromatic rings. The van der Waals surface area contributed by atoms with Crippen LogP contribution in [-0.4, -0.2) is 73.9 Å². The van der Waals surface area contributed by atoms with Crippen LogP contribution in [0.4, 0.5) is 0 Å². The Bertz CT molecular complexity index is 310. The van der Waals surface area contributed by atoms with E-state index in [-0.39, 0.29) is 18.7 Å². The maximum absolute atomic E-state index is 11.3. The highest BCUT2D eigenvalue weighted by atomic mass is 32.2. The van der Waals surface area contributed by atoms with Crippen LogP contribution in [0, 0.1) is 0 Å². The number of nitrogens with two attached hydrogens (primary N) is 1. The van der Waals surface area contributed by atoms with Gasteiger partial charge in [-0.2, -0.15) is 4.31 Å². The van der Waals surface area contributed by atoms with E-state index < -0.39 is 10.0 Å². The average Bonchev–Trinajstić information content (AvgIpc) is 2.17. The second kappa shape index (κ2) is 5.42. The van der Waals surface area contributed by atoms with Crippen LogP contribution in [0.5, 0.6) is 0 Å². The lowest BCUT2D eigenvalue weighted by Crippen LogP contribution is -2.56. The Hall–Kier alpha value is -0.210. The molecular formula is C9H21N3O3S. The van der Waals surface area contributed by atoms with Gasteiger partial charge in [0.2, 0.25) is 10.0 Å². The fraction of sp³-hybridized carbons (Fsp3) is 1.00. The highest BCUT2D eigenvalue weighted by Crippen LogP contribution is 2.10. The van der Waals surface area contributed by atoms with E-state index >= 15 is 0 Å². The van der Waals surface area contributed by atoms with Crippen molar-refractivity contribution in [2.45, 2.75) is 19.0 Å². The van der Waals surface area contributed by atoms with E-state index in [4.69, 9.17) is 5.73 Å². The van der Waals surface area contributed by atoms with Crippen LogP contribution >= 0.6 is 0 Å². The van der Waals surface area contributed by atoms with Crippen LogP contribution in [0.2, 0.25) is 0 Å². The third-order valence-electron chi connectivity index (χ3n) is 3.01. The van der Waals surface area contributed by atoms with Crippen LogP contribution in [0.1, 0.15) is 6.92 Å². The minimum absolute atomic E-state index is 0.0105. The Morgan fingerprint density at radius 3 is 2.12 bits per heavy atom. The topological polar surface area (TPSA) is 86.9 Å². The molecule has 0 aromatic carbocycles. The van der Waals surface area contributed by atoms with Crippen LogP contribution < -0.4 is 5.73 Å². The zero-order chi connectivity index (χ0) is 12.3. The van der Waals surface area contributed by atoms with Crippen molar-refractivity contribution in [3.8, 4) is 0 Å². The van der Waals surface area contributed by atoms with E-state index in [2.05, 4.69) is 0 Å². The third kappa shape index (κ3) is 3.39. The predicted molar refractivity (Wildman–Crippen MR) is 62.5 cm³/mol. The molecule has 16 heavy (non-hydrogen) atoms.